The van der Waals surface area contributed by atoms with Crippen LogP contribution in [-0.2, 0) is 20.9 Å². The topological polar surface area (TPSA) is 124 Å². The van der Waals surface area contributed by atoms with Crippen LogP contribution in [0.3, 0.4) is 0 Å². The summed E-state index contributed by atoms with van der Waals surface area (Å²) < 4.78 is 33.5. The van der Waals surface area contributed by atoms with E-state index in [2.05, 4.69) is 15.4 Å². The Bertz CT molecular complexity index is 2340. The number of nitrogens with zero attached hydrogens (tertiary/aromatic N) is 5. The van der Waals surface area contributed by atoms with Gasteiger partial charge >= 0.3 is 0 Å². The van der Waals surface area contributed by atoms with Crippen LogP contribution < -0.4 is 10.2 Å². The average molecular weight is 746 g/mol. The van der Waals surface area contributed by atoms with E-state index in [9.17, 15) is 19.2 Å². The summed E-state index contributed by atoms with van der Waals surface area (Å²) in [6.07, 6.45) is 6.94. The third-order valence-corrected chi connectivity index (χ3v) is 11.0. The molecule has 11 nitrogen and oxygen atoms in total. The summed E-state index contributed by atoms with van der Waals surface area (Å²) in [5, 5.41) is 7.09. The first-order chi connectivity index (χ1) is 26.5. The predicted octanol–water partition coefficient (Wildman–Crippen LogP) is 5.84. The highest BCUT2D eigenvalue weighted by Gasteiger charge is 2.33. The number of carbonyl (C=O) groups excluding carboxylic acids is 4. The minimum Gasteiger partial charge on any atom is -0.368 e. The largest absolute Gasteiger partial charge is 0.368 e. The smallest absolute Gasteiger partial charge is 0.269 e. The second kappa shape index (κ2) is 14.6. The molecule has 3 aliphatic rings. The van der Waals surface area contributed by atoms with E-state index < -0.39 is 23.5 Å². The van der Waals surface area contributed by atoms with E-state index in [0.717, 1.165) is 16.7 Å². The minimum atomic E-state index is -0.546. The van der Waals surface area contributed by atoms with Crippen molar-refractivity contribution in [1.82, 2.24) is 29.9 Å². The summed E-state index contributed by atoms with van der Waals surface area (Å²) in [5.41, 5.74) is 5.28. The van der Waals surface area contributed by atoms with E-state index in [1.54, 1.807) is 48.1 Å². The number of fused-ring (bicyclic) bond motifs is 1. The lowest BCUT2D eigenvalue weighted by molar-refractivity contribution is -0.134. The van der Waals surface area contributed by atoms with E-state index in [-0.39, 0.29) is 54.2 Å². The van der Waals surface area contributed by atoms with Crippen LogP contribution in [0.1, 0.15) is 64.7 Å². The molecule has 1 unspecified atom stereocenters. The lowest BCUT2D eigenvalue weighted by atomic mass is 9.87. The van der Waals surface area contributed by atoms with Gasteiger partial charge in [0.15, 0.2) is 5.82 Å². The number of carbonyl (C=O) groups is 4. The van der Waals surface area contributed by atoms with Crippen LogP contribution in [0.15, 0.2) is 79.1 Å². The molecule has 5 heterocycles. The number of H-pyrrole nitrogens is 1. The zero-order chi connectivity index (χ0) is 38.4. The molecule has 0 radical (unpaired) electrons. The number of aromatic amines is 1. The molecule has 13 heteroatoms. The van der Waals surface area contributed by atoms with Crippen molar-refractivity contribution < 1.29 is 28.0 Å². The molecule has 55 heavy (non-hydrogen) atoms. The summed E-state index contributed by atoms with van der Waals surface area (Å²) in [5.74, 6) is -2.27. The van der Waals surface area contributed by atoms with E-state index in [4.69, 9.17) is 0 Å². The average Bonchev–Trinajstić information content (AvgIpc) is 3.86. The van der Waals surface area contributed by atoms with Crippen molar-refractivity contribution in [3.63, 3.8) is 0 Å². The number of aryl methyl sites for hydroxylation is 1. The third-order valence-electron chi connectivity index (χ3n) is 11.0. The highest BCUT2D eigenvalue weighted by atomic mass is 19.1. The van der Waals surface area contributed by atoms with Gasteiger partial charge in [-0.15, -0.1) is 0 Å². The fraction of sp³-hybridized carbons (Fsp3) is 0.310. The molecule has 2 saturated heterocycles. The van der Waals surface area contributed by atoms with Crippen LogP contribution in [0, 0.1) is 11.6 Å². The maximum Gasteiger partial charge on any atom is 0.269 e. The van der Waals surface area contributed by atoms with Crippen molar-refractivity contribution >= 4 is 45.8 Å². The number of aromatic nitrogens is 3. The number of benzene rings is 3. The summed E-state index contributed by atoms with van der Waals surface area (Å²) >= 11 is 0. The normalized spacial score (nSPS) is 17.6. The van der Waals surface area contributed by atoms with Crippen LogP contribution >= 0.6 is 0 Å². The van der Waals surface area contributed by atoms with Gasteiger partial charge < -0.3 is 19.7 Å². The molecule has 1 atom stereocenters. The van der Waals surface area contributed by atoms with Gasteiger partial charge in [-0.05, 0) is 71.0 Å². The molecule has 2 fully saturated rings. The van der Waals surface area contributed by atoms with E-state index >= 15 is 8.78 Å². The van der Waals surface area contributed by atoms with Crippen molar-refractivity contribution in [2.45, 2.75) is 44.1 Å². The highest BCUT2D eigenvalue weighted by Crippen LogP contribution is 2.39. The number of anilines is 1. The third kappa shape index (κ3) is 7.02. The van der Waals surface area contributed by atoms with Gasteiger partial charge in [-0.3, -0.25) is 29.2 Å². The summed E-state index contributed by atoms with van der Waals surface area (Å²) in [4.78, 5) is 58.3. The van der Waals surface area contributed by atoms with Crippen molar-refractivity contribution in [1.29, 1.82) is 0 Å². The molecule has 2 aromatic heterocycles. The molecular formula is C42H41F2N7O4. The number of piperidine rings is 1. The van der Waals surface area contributed by atoms with Crippen LogP contribution in [0.2, 0.25) is 0 Å². The molecule has 4 amide bonds. The van der Waals surface area contributed by atoms with Gasteiger partial charge in [0.2, 0.25) is 17.7 Å². The van der Waals surface area contributed by atoms with Crippen molar-refractivity contribution in [2.75, 3.05) is 45.2 Å². The Hall–Kier alpha value is -6.11. The van der Waals surface area contributed by atoms with Gasteiger partial charge in [0, 0.05) is 88.9 Å². The van der Waals surface area contributed by atoms with Gasteiger partial charge in [-0.25, -0.2) is 8.78 Å². The van der Waals surface area contributed by atoms with Gasteiger partial charge in [0.25, 0.3) is 5.91 Å². The Kier molecular flexibility index (Phi) is 9.54. The standard InChI is InChI=1S/C42H41F2N7O4/c1-48(2)42(55)35-21-33-31(20-32(39(44)40(33)46-35)28-5-3-16-49(22-28)38(53)14-18-51-17-4-15-45-51)26-8-6-25(7-9-26)29-23-50(24-29)36-12-10-27(19-34(36)43)30-11-13-37(52)47-41(30)54/h4-10,12,15,17,19-21,29-30,46H,3,11,13-14,16,18,22-24H2,1-2H3,(H,47,52,54). The summed E-state index contributed by atoms with van der Waals surface area (Å²) in [6.45, 7) is 2.49. The fourth-order valence-electron chi connectivity index (χ4n) is 7.87. The van der Waals surface area contributed by atoms with E-state index in [1.807, 2.05) is 53.6 Å². The molecule has 0 aliphatic carbocycles. The number of amides is 4. The highest BCUT2D eigenvalue weighted by molar-refractivity contribution is 6.04. The maximum absolute atomic E-state index is 16.5. The van der Waals surface area contributed by atoms with E-state index in [1.165, 1.54) is 11.0 Å². The molecule has 5 aromatic rings. The first-order valence-electron chi connectivity index (χ1n) is 18.5. The second-order valence-corrected chi connectivity index (χ2v) is 14.7. The Morgan fingerprint density at radius 1 is 0.982 bits per heavy atom. The molecule has 282 valence electrons. The SMILES string of the molecule is CN(C)C(=O)c1cc2c(-c3ccc(C4CN(c5ccc(C6CCC(=O)NC6=O)cc5F)C4)cc3)cc(C3=CCCN(C(=O)CCn4cccn4)C3)c(F)c2[nH]1. The number of hydrogen-bond donors (Lipinski definition) is 2. The quantitative estimate of drug-likeness (QED) is 0.183. The zero-order valence-corrected chi connectivity index (χ0v) is 30.6. The van der Waals surface area contributed by atoms with Crippen LogP contribution in [-0.4, -0.2) is 88.5 Å². The molecular weight excluding hydrogens is 705 g/mol. The first-order valence-corrected chi connectivity index (χ1v) is 18.5. The lowest BCUT2D eigenvalue weighted by Crippen LogP contribution is -2.45. The van der Waals surface area contributed by atoms with Gasteiger partial charge in [0.1, 0.15) is 11.5 Å². The molecule has 8 rings (SSSR count). The Labute approximate surface area is 316 Å². The van der Waals surface area contributed by atoms with Gasteiger partial charge in [0.05, 0.1) is 17.1 Å². The van der Waals surface area contributed by atoms with Gasteiger partial charge in [-0.1, -0.05) is 36.4 Å². The molecule has 0 bridgehead atoms. The Balaban J connectivity index is 1.02. The number of nitrogens with one attached hydrogen (secondary N) is 2. The summed E-state index contributed by atoms with van der Waals surface area (Å²) in [6, 6.07) is 18.2. The number of hydrogen-bond acceptors (Lipinski definition) is 6. The van der Waals surface area contributed by atoms with E-state index in [0.29, 0.717) is 66.8 Å². The first kappa shape index (κ1) is 35.9. The number of halogens is 2. The molecule has 0 spiro atoms. The lowest BCUT2D eigenvalue weighted by Gasteiger charge is -2.41. The molecule has 0 saturated carbocycles. The van der Waals surface area contributed by atoms with Crippen molar-refractivity contribution in [3.05, 3.63) is 113 Å². The minimum absolute atomic E-state index is 0.0290. The van der Waals surface area contributed by atoms with Gasteiger partial charge in [-0.2, -0.15) is 5.10 Å². The number of rotatable bonds is 9. The predicted molar refractivity (Wildman–Crippen MR) is 204 cm³/mol. The molecule has 2 N–H and O–H groups in total. The maximum atomic E-state index is 16.5. The molecule has 3 aromatic carbocycles. The summed E-state index contributed by atoms with van der Waals surface area (Å²) in [7, 11) is 3.29. The van der Waals surface area contributed by atoms with Crippen molar-refractivity contribution in [2.24, 2.45) is 0 Å². The van der Waals surface area contributed by atoms with Crippen molar-refractivity contribution in [3.8, 4) is 11.1 Å². The number of imide groups is 1. The monoisotopic (exact) mass is 745 g/mol. The van der Waals surface area contributed by atoms with Crippen LogP contribution in [0.25, 0.3) is 27.6 Å². The van der Waals surface area contributed by atoms with Crippen LogP contribution in [0.5, 0.6) is 0 Å². The zero-order valence-electron chi connectivity index (χ0n) is 30.6. The second-order valence-electron chi connectivity index (χ2n) is 14.7. The van der Waals surface area contributed by atoms with Crippen LogP contribution in [0.4, 0.5) is 14.5 Å². The molecule has 3 aliphatic heterocycles. The Morgan fingerprint density at radius 3 is 2.47 bits per heavy atom. The fourth-order valence-corrected chi connectivity index (χ4v) is 7.87. The Morgan fingerprint density at radius 2 is 1.76 bits per heavy atom.